The number of benzene rings is 3. The van der Waals surface area contributed by atoms with Crippen LogP contribution in [-0.4, -0.2) is 32.4 Å². The fourth-order valence-electron chi connectivity index (χ4n) is 2.70. The van der Waals surface area contributed by atoms with Crippen molar-refractivity contribution < 1.29 is 23.1 Å². The highest BCUT2D eigenvalue weighted by Gasteiger charge is 2.22. The Balaban J connectivity index is 1.79. The quantitative estimate of drug-likeness (QED) is 0.530. The van der Waals surface area contributed by atoms with E-state index in [9.17, 15) is 18.0 Å². The van der Waals surface area contributed by atoms with Gasteiger partial charge < -0.3 is 10.4 Å². The Morgan fingerprint density at radius 1 is 0.935 bits per heavy atom. The highest BCUT2D eigenvalue weighted by molar-refractivity contribution is 7.92. The molecule has 0 aliphatic rings. The van der Waals surface area contributed by atoms with Gasteiger partial charge in [-0.05, 0) is 66.7 Å². The molecule has 2 N–H and O–H groups in total. The molecule has 0 bridgehead atoms. The van der Waals surface area contributed by atoms with Gasteiger partial charge in [-0.25, -0.2) is 13.2 Å². The molecule has 0 aromatic heterocycles. The first-order valence-electron chi connectivity index (χ1n) is 8.78. The van der Waals surface area contributed by atoms with E-state index in [1.54, 1.807) is 24.3 Å². The summed E-state index contributed by atoms with van der Waals surface area (Å²) in [5.41, 5.74) is 0.722. The van der Waals surface area contributed by atoms with E-state index < -0.39 is 21.9 Å². The van der Waals surface area contributed by atoms with Crippen LogP contribution in [0.15, 0.2) is 71.6 Å². The van der Waals surface area contributed by atoms with Crippen molar-refractivity contribution >= 4 is 56.5 Å². The predicted molar refractivity (Wildman–Crippen MR) is 120 cm³/mol. The number of hydrogen-bond donors (Lipinski definition) is 2. The van der Waals surface area contributed by atoms with Gasteiger partial charge in [0.15, 0.2) is 0 Å². The van der Waals surface area contributed by atoms with Gasteiger partial charge >= 0.3 is 5.97 Å². The van der Waals surface area contributed by atoms with Crippen LogP contribution in [0.2, 0.25) is 10.0 Å². The lowest BCUT2D eigenvalue weighted by Gasteiger charge is -2.19. The van der Waals surface area contributed by atoms with Crippen LogP contribution in [-0.2, 0) is 10.0 Å². The highest BCUT2D eigenvalue weighted by Crippen LogP contribution is 2.24. The predicted octanol–water partition coefficient (Wildman–Crippen LogP) is 4.77. The minimum absolute atomic E-state index is 0.00107. The van der Waals surface area contributed by atoms with Gasteiger partial charge in [0.05, 0.1) is 21.2 Å². The SMILES string of the molecule is CN(c1ccc(Cl)cc1)S(=O)(=O)c1ccc(C(=O)Nc2ccc(Cl)c(C(=O)O)c2)cc1. The first-order chi connectivity index (χ1) is 14.6. The minimum atomic E-state index is -3.85. The Kier molecular flexibility index (Phi) is 6.54. The third kappa shape index (κ3) is 4.99. The van der Waals surface area contributed by atoms with Gasteiger partial charge in [-0.1, -0.05) is 23.2 Å². The molecular formula is C21H16Cl2N2O5S. The van der Waals surface area contributed by atoms with Crippen LogP contribution in [0.1, 0.15) is 20.7 Å². The number of nitrogens with zero attached hydrogens (tertiary/aromatic N) is 1. The number of halogens is 2. The van der Waals surface area contributed by atoms with Crippen LogP contribution >= 0.6 is 23.2 Å². The molecule has 0 aliphatic carbocycles. The third-order valence-corrected chi connectivity index (χ3v) is 6.80. The number of hydrogen-bond acceptors (Lipinski definition) is 4. The van der Waals surface area contributed by atoms with Crippen LogP contribution in [0.5, 0.6) is 0 Å². The lowest BCUT2D eigenvalue weighted by atomic mass is 10.1. The van der Waals surface area contributed by atoms with Crippen molar-refractivity contribution in [2.75, 3.05) is 16.7 Å². The first-order valence-corrected chi connectivity index (χ1v) is 11.0. The molecule has 0 spiro atoms. The van der Waals surface area contributed by atoms with Crippen molar-refractivity contribution in [1.29, 1.82) is 0 Å². The number of carboxylic acid groups (broad SMARTS) is 1. The average molecular weight is 479 g/mol. The number of aromatic carboxylic acids is 1. The molecule has 3 rings (SSSR count). The first kappa shape index (κ1) is 22.6. The molecule has 7 nitrogen and oxygen atoms in total. The van der Waals surface area contributed by atoms with Gasteiger partial charge in [0.1, 0.15) is 0 Å². The van der Waals surface area contributed by atoms with E-state index in [1.165, 1.54) is 49.5 Å². The summed E-state index contributed by atoms with van der Waals surface area (Å²) in [6, 6.07) is 15.8. The van der Waals surface area contributed by atoms with Crippen LogP contribution < -0.4 is 9.62 Å². The van der Waals surface area contributed by atoms with Crippen LogP contribution in [0, 0.1) is 0 Å². The van der Waals surface area contributed by atoms with E-state index in [4.69, 9.17) is 28.3 Å². The topological polar surface area (TPSA) is 104 Å². The summed E-state index contributed by atoms with van der Waals surface area (Å²) in [5, 5.41) is 12.2. The smallest absolute Gasteiger partial charge is 0.337 e. The maximum atomic E-state index is 12.8. The second-order valence-corrected chi connectivity index (χ2v) is 9.24. The Bertz CT molecular complexity index is 1240. The van der Waals surface area contributed by atoms with Gasteiger partial charge in [-0.3, -0.25) is 9.10 Å². The highest BCUT2D eigenvalue weighted by atomic mass is 35.5. The molecule has 31 heavy (non-hydrogen) atoms. The number of rotatable bonds is 6. The summed E-state index contributed by atoms with van der Waals surface area (Å²) in [6.07, 6.45) is 0. The molecule has 0 heterocycles. The standard InChI is InChI=1S/C21H16Cl2N2O5S/c1-25(16-7-4-14(22)5-8-16)31(29,30)17-9-2-13(3-10-17)20(26)24-15-6-11-19(23)18(12-15)21(27)28/h2-12H,1H3,(H,24,26)(H,27,28). The van der Waals surface area contributed by atoms with E-state index in [-0.39, 0.29) is 26.7 Å². The number of amides is 1. The summed E-state index contributed by atoms with van der Waals surface area (Å²) in [4.78, 5) is 23.6. The van der Waals surface area contributed by atoms with Crippen molar-refractivity contribution in [3.05, 3.63) is 87.9 Å². The molecule has 1 amide bonds. The molecular weight excluding hydrogens is 463 g/mol. The molecule has 0 aliphatic heterocycles. The fraction of sp³-hybridized carbons (Fsp3) is 0.0476. The zero-order valence-electron chi connectivity index (χ0n) is 16.0. The average Bonchev–Trinajstić information content (AvgIpc) is 2.75. The van der Waals surface area contributed by atoms with Crippen LogP contribution in [0.4, 0.5) is 11.4 Å². The molecule has 0 fully saturated rings. The largest absolute Gasteiger partial charge is 0.478 e. The molecule has 0 atom stereocenters. The lowest BCUT2D eigenvalue weighted by molar-refractivity contribution is 0.0696. The Morgan fingerprint density at radius 3 is 2.13 bits per heavy atom. The van der Waals surface area contributed by atoms with E-state index in [2.05, 4.69) is 5.32 Å². The van der Waals surface area contributed by atoms with E-state index in [1.807, 2.05) is 0 Å². The molecule has 3 aromatic carbocycles. The maximum Gasteiger partial charge on any atom is 0.337 e. The number of carbonyl (C=O) groups excluding carboxylic acids is 1. The number of nitrogens with one attached hydrogen (secondary N) is 1. The molecule has 0 saturated heterocycles. The summed E-state index contributed by atoms with van der Waals surface area (Å²) < 4.78 is 26.8. The summed E-state index contributed by atoms with van der Waals surface area (Å²) in [7, 11) is -2.43. The minimum Gasteiger partial charge on any atom is -0.478 e. The van der Waals surface area contributed by atoms with Crippen molar-refractivity contribution in [3.63, 3.8) is 0 Å². The molecule has 0 saturated carbocycles. The van der Waals surface area contributed by atoms with Crippen molar-refractivity contribution in [1.82, 2.24) is 0 Å². The van der Waals surface area contributed by atoms with Crippen molar-refractivity contribution in [2.45, 2.75) is 4.90 Å². The maximum absolute atomic E-state index is 12.8. The Hall–Kier alpha value is -3.07. The number of sulfonamides is 1. The van der Waals surface area contributed by atoms with E-state index in [0.717, 1.165) is 4.31 Å². The monoisotopic (exact) mass is 478 g/mol. The Morgan fingerprint density at radius 2 is 1.55 bits per heavy atom. The Labute approximate surface area is 188 Å². The second kappa shape index (κ2) is 8.97. The third-order valence-electron chi connectivity index (χ3n) is 4.42. The normalized spacial score (nSPS) is 11.1. The molecule has 10 heteroatoms. The van der Waals surface area contributed by atoms with Crippen molar-refractivity contribution in [2.24, 2.45) is 0 Å². The van der Waals surface area contributed by atoms with Crippen molar-refractivity contribution in [3.8, 4) is 0 Å². The van der Waals surface area contributed by atoms with Gasteiger partial charge in [0.25, 0.3) is 15.9 Å². The number of carbonyl (C=O) groups is 2. The van der Waals surface area contributed by atoms with Gasteiger partial charge in [0, 0.05) is 23.3 Å². The summed E-state index contributed by atoms with van der Waals surface area (Å²) in [6.45, 7) is 0. The molecule has 3 aromatic rings. The second-order valence-electron chi connectivity index (χ2n) is 6.43. The number of carboxylic acids is 1. The van der Waals surface area contributed by atoms with Gasteiger partial charge in [-0.15, -0.1) is 0 Å². The fourth-order valence-corrected chi connectivity index (χ4v) is 4.22. The zero-order chi connectivity index (χ0) is 22.8. The van der Waals surface area contributed by atoms with Gasteiger partial charge in [0.2, 0.25) is 0 Å². The van der Waals surface area contributed by atoms with Gasteiger partial charge in [-0.2, -0.15) is 0 Å². The van der Waals surface area contributed by atoms with E-state index in [0.29, 0.717) is 10.7 Å². The van der Waals surface area contributed by atoms with Crippen LogP contribution in [0.3, 0.4) is 0 Å². The molecule has 160 valence electrons. The summed E-state index contributed by atoms with van der Waals surface area (Å²) >= 11 is 11.7. The molecule has 0 radical (unpaired) electrons. The number of anilines is 2. The van der Waals surface area contributed by atoms with E-state index >= 15 is 0 Å². The van der Waals surface area contributed by atoms with Crippen LogP contribution in [0.25, 0.3) is 0 Å². The zero-order valence-corrected chi connectivity index (χ0v) is 18.4. The lowest BCUT2D eigenvalue weighted by Crippen LogP contribution is -2.26. The molecule has 0 unspecified atom stereocenters. The summed E-state index contributed by atoms with van der Waals surface area (Å²) in [5.74, 6) is -1.76.